The van der Waals surface area contributed by atoms with Crippen LogP contribution in [0.4, 0.5) is 0 Å². The summed E-state index contributed by atoms with van der Waals surface area (Å²) in [6.45, 7) is 2.51. The van der Waals surface area contributed by atoms with E-state index in [4.69, 9.17) is 4.28 Å². The summed E-state index contributed by atoms with van der Waals surface area (Å²) in [5.41, 5.74) is 0.979. The first-order chi connectivity index (χ1) is 8.81. The van der Waals surface area contributed by atoms with E-state index in [1.54, 1.807) is 19.2 Å². The Kier molecular flexibility index (Phi) is 3.75. The van der Waals surface area contributed by atoms with Crippen molar-refractivity contribution in [3.63, 3.8) is 0 Å². The smallest absolute Gasteiger partial charge is 0.293 e. The van der Waals surface area contributed by atoms with Crippen molar-refractivity contribution in [2.75, 3.05) is 20.1 Å². The first kappa shape index (κ1) is 14.2. The zero-order chi connectivity index (χ0) is 14.1. The average molecular weight is 284 g/mol. The van der Waals surface area contributed by atoms with Gasteiger partial charge in [-0.1, -0.05) is 22.0 Å². The van der Waals surface area contributed by atoms with E-state index in [9.17, 15) is 13.2 Å². The maximum absolute atomic E-state index is 12.2. The number of nitrogens with zero attached hydrogens (tertiary/aromatic N) is 1. The Balaban J connectivity index is 2.21. The molecule has 0 spiro atoms. The minimum atomic E-state index is -3.84. The van der Waals surface area contributed by atoms with E-state index in [-0.39, 0.29) is 21.9 Å². The van der Waals surface area contributed by atoms with Crippen LogP contribution in [0.25, 0.3) is 0 Å². The molecule has 0 saturated carbocycles. The lowest BCUT2D eigenvalue weighted by atomic mass is 10.1. The number of carbonyl (C=O) groups excluding carboxylic acids is 1. The van der Waals surface area contributed by atoms with Crippen LogP contribution in [0, 0.1) is 6.92 Å². The summed E-state index contributed by atoms with van der Waals surface area (Å²) >= 11 is 0. The van der Waals surface area contributed by atoms with Gasteiger partial charge in [0.1, 0.15) is 13.6 Å². The Morgan fingerprint density at radius 1 is 1.21 bits per heavy atom. The second-order valence-corrected chi connectivity index (χ2v) is 6.69. The van der Waals surface area contributed by atoms with E-state index < -0.39 is 10.1 Å². The number of ketones is 1. The molecule has 0 N–H and O–H groups in total. The molecule has 0 amide bonds. The largest absolute Gasteiger partial charge is 0.342 e. The third-order valence-corrected chi connectivity index (χ3v) is 4.59. The van der Waals surface area contributed by atoms with Gasteiger partial charge in [-0.2, -0.15) is 13.1 Å². The zero-order valence-corrected chi connectivity index (χ0v) is 11.9. The van der Waals surface area contributed by atoms with Gasteiger partial charge in [0, 0.05) is 12.8 Å². The monoisotopic (exact) mass is 284 g/mol. The Morgan fingerprint density at radius 2 is 1.84 bits per heavy atom. The second kappa shape index (κ2) is 5.03. The van der Waals surface area contributed by atoms with Crippen LogP contribution < -0.4 is 0 Å². The van der Waals surface area contributed by atoms with Crippen LogP contribution in [0.2, 0.25) is 0 Å². The quantitative estimate of drug-likeness (QED) is 0.788. The molecule has 5 nitrogen and oxygen atoms in total. The molecule has 1 aliphatic heterocycles. The number of quaternary nitrogens is 1. The van der Waals surface area contributed by atoms with Gasteiger partial charge in [-0.25, -0.2) is 0 Å². The highest BCUT2D eigenvalue weighted by molar-refractivity contribution is 7.86. The first-order valence-corrected chi connectivity index (χ1v) is 7.61. The van der Waals surface area contributed by atoms with Crippen molar-refractivity contribution in [2.24, 2.45) is 0 Å². The highest BCUT2D eigenvalue weighted by atomic mass is 32.2. The highest BCUT2D eigenvalue weighted by Crippen LogP contribution is 2.21. The molecule has 1 unspecified atom stereocenters. The summed E-state index contributed by atoms with van der Waals surface area (Å²) in [5, 5.41) is 0. The number of Topliss-reactive ketones (excluding diaryl/α,β-unsaturated/α-hetero) is 1. The maximum atomic E-state index is 12.2. The third-order valence-electron chi connectivity index (χ3n) is 3.19. The Bertz CT molecular complexity index is 579. The zero-order valence-electron chi connectivity index (χ0n) is 11.1. The van der Waals surface area contributed by atoms with E-state index in [0.29, 0.717) is 19.4 Å². The van der Waals surface area contributed by atoms with Crippen molar-refractivity contribution in [3.8, 4) is 0 Å². The summed E-state index contributed by atoms with van der Waals surface area (Å²) < 4.78 is 29.4. The van der Waals surface area contributed by atoms with Crippen LogP contribution in [0.5, 0.6) is 0 Å². The highest BCUT2D eigenvalue weighted by Gasteiger charge is 2.37. The minimum Gasteiger partial charge on any atom is -0.293 e. The summed E-state index contributed by atoms with van der Waals surface area (Å²) in [4.78, 5) is 11.6. The van der Waals surface area contributed by atoms with Crippen molar-refractivity contribution in [1.29, 1.82) is 0 Å². The van der Waals surface area contributed by atoms with E-state index in [1.807, 2.05) is 6.92 Å². The van der Waals surface area contributed by atoms with Crippen molar-refractivity contribution >= 4 is 15.9 Å². The molecule has 104 valence electrons. The normalized spacial score (nSPS) is 24.4. The molecule has 1 heterocycles. The number of piperidine rings is 1. The van der Waals surface area contributed by atoms with Crippen LogP contribution in [0.3, 0.4) is 0 Å². The molecule has 0 aliphatic carbocycles. The van der Waals surface area contributed by atoms with Gasteiger partial charge in [-0.15, -0.1) is 0 Å². The number of benzene rings is 1. The SMILES string of the molecule is Cc1ccc(S(=O)(=O)O[N+]2(C)CCCC(=O)C2)cc1. The Labute approximate surface area is 113 Å². The topological polar surface area (TPSA) is 60.4 Å². The fourth-order valence-corrected chi connectivity index (χ4v) is 3.35. The molecule has 1 atom stereocenters. The summed E-state index contributed by atoms with van der Waals surface area (Å²) in [5.74, 6) is 0.0351. The molecular formula is C13H18NO4S+. The second-order valence-electron chi connectivity index (χ2n) is 5.16. The first-order valence-electron chi connectivity index (χ1n) is 6.20. The number of hydrogen-bond donors (Lipinski definition) is 0. The lowest BCUT2D eigenvalue weighted by Gasteiger charge is -2.32. The van der Waals surface area contributed by atoms with E-state index in [2.05, 4.69) is 0 Å². The molecule has 6 heteroatoms. The van der Waals surface area contributed by atoms with Gasteiger partial charge in [0.2, 0.25) is 0 Å². The number of likely N-dealkylation sites (N-methyl/N-ethyl adjacent to an activating group) is 1. The number of hydrogen-bond acceptors (Lipinski definition) is 4. The van der Waals surface area contributed by atoms with Crippen LogP contribution in [-0.2, 0) is 19.2 Å². The van der Waals surface area contributed by atoms with Crippen LogP contribution >= 0.6 is 0 Å². The molecule has 1 aromatic rings. The van der Waals surface area contributed by atoms with Crippen LogP contribution in [0.1, 0.15) is 18.4 Å². The van der Waals surface area contributed by atoms with E-state index >= 15 is 0 Å². The minimum absolute atomic E-state index is 0.0351. The lowest BCUT2D eigenvalue weighted by Crippen LogP contribution is -2.52. The van der Waals surface area contributed by atoms with Gasteiger partial charge >= 0.3 is 10.1 Å². The number of hydroxylamine groups is 3. The average Bonchev–Trinajstić information content (AvgIpc) is 2.27. The predicted octanol–water partition coefficient (Wildman–Crippen LogP) is 1.42. The van der Waals surface area contributed by atoms with Crippen molar-refractivity contribution in [2.45, 2.75) is 24.7 Å². The Morgan fingerprint density at radius 3 is 2.42 bits per heavy atom. The molecule has 0 bridgehead atoms. The fraction of sp³-hybridized carbons (Fsp3) is 0.462. The number of carbonyl (C=O) groups is 1. The van der Waals surface area contributed by atoms with Crippen LogP contribution in [-0.4, -0.2) is 39.0 Å². The van der Waals surface area contributed by atoms with Crippen LogP contribution in [0.15, 0.2) is 29.2 Å². The predicted molar refractivity (Wildman–Crippen MR) is 69.6 cm³/mol. The van der Waals surface area contributed by atoms with Crippen molar-refractivity contribution in [1.82, 2.24) is 0 Å². The van der Waals surface area contributed by atoms with Gasteiger partial charge in [0.25, 0.3) is 0 Å². The summed E-state index contributed by atoms with van der Waals surface area (Å²) in [7, 11) is -2.21. The van der Waals surface area contributed by atoms with E-state index in [0.717, 1.165) is 5.56 Å². The van der Waals surface area contributed by atoms with Gasteiger partial charge in [-0.05, 0) is 19.1 Å². The number of aryl methyl sites for hydroxylation is 1. The molecular weight excluding hydrogens is 266 g/mol. The van der Waals surface area contributed by atoms with Gasteiger partial charge in [-0.3, -0.25) is 4.79 Å². The van der Waals surface area contributed by atoms with Gasteiger partial charge in [0.05, 0.1) is 4.90 Å². The van der Waals surface area contributed by atoms with Crippen molar-refractivity contribution < 1.29 is 22.1 Å². The Hall–Kier alpha value is -1.24. The van der Waals surface area contributed by atoms with E-state index in [1.165, 1.54) is 12.1 Å². The van der Waals surface area contributed by atoms with Crippen molar-refractivity contribution in [3.05, 3.63) is 29.8 Å². The standard InChI is InChI=1S/C13H18NO4S/c1-11-5-7-13(8-6-11)19(16,17)18-14(2)9-3-4-12(15)10-14/h5-8H,3-4,9-10H2,1-2H3/q+1. The fourth-order valence-electron chi connectivity index (χ4n) is 2.19. The summed E-state index contributed by atoms with van der Waals surface area (Å²) in [6.07, 6.45) is 1.15. The van der Waals surface area contributed by atoms with Gasteiger partial charge < -0.3 is 0 Å². The van der Waals surface area contributed by atoms with Gasteiger partial charge in [0.15, 0.2) is 12.3 Å². The lowest BCUT2D eigenvalue weighted by molar-refractivity contribution is -1.06. The molecule has 0 aromatic heterocycles. The number of likely N-dealkylation sites (tertiary alicyclic amines) is 1. The summed E-state index contributed by atoms with van der Waals surface area (Å²) in [6, 6.07) is 6.47. The molecule has 0 radical (unpaired) electrons. The molecule has 1 aliphatic rings. The maximum Gasteiger partial charge on any atom is 0.342 e. The molecule has 1 aromatic carbocycles. The number of rotatable bonds is 3. The molecule has 1 fully saturated rings. The molecule has 19 heavy (non-hydrogen) atoms. The third kappa shape index (κ3) is 3.40. The molecule has 1 saturated heterocycles. The molecule has 2 rings (SSSR count).